The van der Waals surface area contributed by atoms with Gasteiger partial charge in [0.1, 0.15) is 11.7 Å². The first-order valence-electron chi connectivity index (χ1n) is 4.96. The highest BCUT2D eigenvalue weighted by Gasteiger charge is 2.34. The van der Waals surface area contributed by atoms with E-state index in [-0.39, 0.29) is 5.37 Å². The lowest BCUT2D eigenvalue weighted by Crippen LogP contribution is -2.08. The normalized spacial score (nSPS) is 25.2. The van der Waals surface area contributed by atoms with Crippen molar-refractivity contribution in [2.24, 2.45) is 9.98 Å². The molecule has 0 fully saturated rings. The second-order valence-electron chi connectivity index (χ2n) is 3.74. The largest absolute Gasteiger partial charge is 0.295 e. The van der Waals surface area contributed by atoms with Crippen LogP contribution < -0.4 is 0 Å². The van der Waals surface area contributed by atoms with Crippen LogP contribution in [0.2, 0.25) is 0 Å². The van der Waals surface area contributed by atoms with E-state index in [4.69, 9.17) is 0 Å². The number of allylic oxidation sites excluding steroid dienone is 1. The maximum absolute atomic E-state index is 4.28. The van der Waals surface area contributed by atoms with E-state index in [1.807, 2.05) is 12.4 Å². The molecular weight excluding hydrogens is 222 g/mol. The number of hydrogen-bond acceptors (Lipinski definition) is 5. The third-order valence-corrected chi connectivity index (χ3v) is 4.18. The van der Waals surface area contributed by atoms with Crippen molar-refractivity contribution in [2.75, 3.05) is 6.54 Å². The average Bonchev–Trinajstić information content (AvgIpc) is 2.93. The lowest BCUT2D eigenvalue weighted by atomic mass is 10.1. The number of aromatic nitrogens is 3. The van der Waals surface area contributed by atoms with Crippen LogP contribution in [-0.2, 0) is 0 Å². The SMILES string of the molecule is C1=NC=C2C3=C(C=NC3)SC2n2cnnc21. The Labute approximate surface area is 95.7 Å². The topological polar surface area (TPSA) is 55.4 Å². The van der Waals surface area contributed by atoms with Gasteiger partial charge in [-0.05, 0) is 5.57 Å². The third-order valence-electron chi connectivity index (χ3n) is 2.87. The van der Waals surface area contributed by atoms with Gasteiger partial charge in [-0.1, -0.05) is 11.8 Å². The monoisotopic (exact) mass is 229 g/mol. The number of fused-ring (bicyclic) bond motifs is 4. The molecule has 0 N–H and O–H groups in total. The molecule has 0 spiro atoms. The number of hydrogen-bond donors (Lipinski definition) is 0. The maximum Gasteiger partial charge on any atom is 0.176 e. The Morgan fingerprint density at radius 2 is 2.38 bits per heavy atom. The summed E-state index contributed by atoms with van der Waals surface area (Å²) >= 11 is 1.79. The summed E-state index contributed by atoms with van der Waals surface area (Å²) in [6.45, 7) is 0.775. The molecule has 6 heteroatoms. The molecule has 0 saturated heterocycles. The van der Waals surface area contributed by atoms with E-state index in [9.17, 15) is 0 Å². The van der Waals surface area contributed by atoms with Gasteiger partial charge in [0.25, 0.3) is 0 Å². The van der Waals surface area contributed by atoms with Gasteiger partial charge < -0.3 is 0 Å². The lowest BCUT2D eigenvalue weighted by molar-refractivity contribution is 0.766. The Hall–Kier alpha value is -1.69. The molecule has 0 aliphatic carbocycles. The molecule has 1 unspecified atom stereocenters. The van der Waals surface area contributed by atoms with Crippen LogP contribution in [0.5, 0.6) is 0 Å². The van der Waals surface area contributed by atoms with Crippen molar-refractivity contribution in [1.29, 1.82) is 0 Å². The highest BCUT2D eigenvalue weighted by Crippen LogP contribution is 2.50. The first-order chi connectivity index (χ1) is 7.93. The predicted molar refractivity (Wildman–Crippen MR) is 62.7 cm³/mol. The standard InChI is InChI=1S/C10H7N5S/c1-6-7-2-12-4-9-14-13-5-15(9)10(7)16-8(6)3-11-1/h2-5,10H,1H2. The molecule has 0 aromatic carbocycles. The molecule has 78 valence electrons. The number of thioether (sulfide) groups is 1. The van der Waals surface area contributed by atoms with Gasteiger partial charge in [-0.3, -0.25) is 14.6 Å². The van der Waals surface area contributed by atoms with Gasteiger partial charge in [-0.15, -0.1) is 10.2 Å². The quantitative estimate of drug-likeness (QED) is 0.671. The number of aliphatic imine (C=N–C) groups is 2. The van der Waals surface area contributed by atoms with Gasteiger partial charge in [-0.2, -0.15) is 0 Å². The zero-order valence-corrected chi connectivity index (χ0v) is 9.05. The molecule has 1 aromatic rings. The van der Waals surface area contributed by atoms with Gasteiger partial charge in [0.05, 0.1) is 12.8 Å². The number of rotatable bonds is 0. The van der Waals surface area contributed by atoms with E-state index in [1.165, 1.54) is 16.1 Å². The highest BCUT2D eigenvalue weighted by molar-refractivity contribution is 8.04. The molecule has 4 rings (SSSR count). The fraction of sp³-hybridized carbons (Fsp3) is 0.200. The molecule has 1 atom stereocenters. The van der Waals surface area contributed by atoms with Crippen LogP contribution in [0.3, 0.4) is 0 Å². The summed E-state index contributed by atoms with van der Waals surface area (Å²) in [5, 5.41) is 8.19. The van der Waals surface area contributed by atoms with Gasteiger partial charge in [0, 0.05) is 22.9 Å². The highest BCUT2D eigenvalue weighted by atomic mass is 32.2. The summed E-state index contributed by atoms with van der Waals surface area (Å²) < 4.78 is 2.05. The van der Waals surface area contributed by atoms with E-state index in [1.54, 1.807) is 24.3 Å². The van der Waals surface area contributed by atoms with Crippen LogP contribution in [0.4, 0.5) is 0 Å². The molecule has 0 bridgehead atoms. The average molecular weight is 229 g/mol. The third kappa shape index (κ3) is 0.969. The summed E-state index contributed by atoms with van der Waals surface area (Å²) in [6.07, 6.45) is 7.37. The van der Waals surface area contributed by atoms with Crippen LogP contribution in [-0.4, -0.2) is 33.7 Å². The van der Waals surface area contributed by atoms with Gasteiger partial charge in [0.2, 0.25) is 0 Å². The zero-order chi connectivity index (χ0) is 10.5. The first kappa shape index (κ1) is 8.46. The Bertz CT molecular complexity index is 592. The van der Waals surface area contributed by atoms with Crippen molar-refractivity contribution in [1.82, 2.24) is 14.8 Å². The molecule has 0 amide bonds. The minimum absolute atomic E-state index is 0.226. The van der Waals surface area contributed by atoms with Crippen molar-refractivity contribution in [3.8, 4) is 0 Å². The summed E-state index contributed by atoms with van der Waals surface area (Å²) in [4.78, 5) is 9.81. The van der Waals surface area contributed by atoms with Crippen LogP contribution in [0.1, 0.15) is 11.2 Å². The Morgan fingerprint density at radius 3 is 3.38 bits per heavy atom. The van der Waals surface area contributed by atoms with Crippen molar-refractivity contribution in [3.63, 3.8) is 0 Å². The summed E-state index contributed by atoms with van der Waals surface area (Å²) in [5.74, 6) is 0.807. The molecule has 16 heavy (non-hydrogen) atoms. The van der Waals surface area contributed by atoms with Crippen LogP contribution in [0.15, 0.2) is 38.6 Å². The molecule has 4 heterocycles. The van der Waals surface area contributed by atoms with E-state index in [0.717, 1.165) is 12.4 Å². The van der Waals surface area contributed by atoms with Crippen molar-refractivity contribution < 1.29 is 0 Å². The fourth-order valence-corrected chi connectivity index (χ4v) is 3.41. The smallest absolute Gasteiger partial charge is 0.176 e. The van der Waals surface area contributed by atoms with Crippen LogP contribution in [0.25, 0.3) is 0 Å². The second kappa shape index (κ2) is 2.91. The molecule has 3 aliphatic rings. The minimum atomic E-state index is 0.226. The molecule has 0 radical (unpaired) electrons. The van der Waals surface area contributed by atoms with Gasteiger partial charge in [-0.25, -0.2) is 0 Å². The summed E-state index contributed by atoms with van der Waals surface area (Å²) in [5.41, 5.74) is 2.53. The lowest BCUT2D eigenvalue weighted by Gasteiger charge is -2.13. The summed E-state index contributed by atoms with van der Waals surface area (Å²) in [7, 11) is 0. The molecule has 0 saturated carbocycles. The van der Waals surface area contributed by atoms with E-state index in [2.05, 4.69) is 24.7 Å². The van der Waals surface area contributed by atoms with Gasteiger partial charge in [0.15, 0.2) is 5.82 Å². The minimum Gasteiger partial charge on any atom is -0.295 e. The van der Waals surface area contributed by atoms with Crippen molar-refractivity contribution in [3.05, 3.63) is 34.4 Å². The van der Waals surface area contributed by atoms with Crippen molar-refractivity contribution in [2.45, 2.75) is 5.37 Å². The van der Waals surface area contributed by atoms with E-state index >= 15 is 0 Å². The number of nitrogens with zero attached hydrogens (tertiary/aromatic N) is 5. The fourth-order valence-electron chi connectivity index (χ4n) is 2.10. The van der Waals surface area contributed by atoms with Crippen LogP contribution in [0, 0.1) is 0 Å². The first-order valence-corrected chi connectivity index (χ1v) is 5.84. The van der Waals surface area contributed by atoms with E-state index in [0.29, 0.717) is 0 Å². The van der Waals surface area contributed by atoms with Gasteiger partial charge >= 0.3 is 0 Å². The Morgan fingerprint density at radius 1 is 1.38 bits per heavy atom. The Kier molecular flexibility index (Phi) is 1.54. The van der Waals surface area contributed by atoms with Crippen LogP contribution >= 0.6 is 11.8 Å². The summed E-state index contributed by atoms with van der Waals surface area (Å²) in [6, 6.07) is 0. The molecule has 5 nitrogen and oxygen atoms in total. The zero-order valence-electron chi connectivity index (χ0n) is 8.24. The Balaban J connectivity index is 1.90. The molecular formula is C10H7N5S. The molecule has 1 aromatic heterocycles. The van der Waals surface area contributed by atoms with Crippen molar-refractivity contribution >= 4 is 24.2 Å². The predicted octanol–water partition coefficient (Wildman–Crippen LogP) is 1.18. The molecule has 3 aliphatic heterocycles. The maximum atomic E-state index is 4.28. The van der Waals surface area contributed by atoms with E-state index < -0.39 is 0 Å². The second-order valence-corrected chi connectivity index (χ2v) is 4.86.